The highest BCUT2D eigenvalue weighted by Crippen LogP contribution is 2.27. The first-order valence-corrected chi connectivity index (χ1v) is 8.49. The number of Topliss-reactive ketones (excluding diaryl/α,β-unsaturated/α-hetero) is 1. The van der Waals surface area contributed by atoms with Crippen molar-refractivity contribution in [2.75, 3.05) is 17.3 Å². The molecule has 0 aromatic carbocycles. The van der Waals surface area contributed by atoms with Crippen LogP contribution in [0, 0.1) is 6.92 Å². The van der Waals surface area contributed by atoms with Crippen LogP contribution < -0.4 is 0 Å². The zero-order chi connectivity index (χ0) is 12.4. The van der Waals surface area contributed by atoms with Crippen molar-refractivity contribution >= 4 is 45.2 Å². The Morgan fingerprint density at radius 2 is 2.35 bits per heavy atom. The fourth-order valence-electron chi connectivity index (χ4n) is 1.82. The first kappa shape index (κ1) is 13.5. The molecular weight excluding hydrogens is 320 g/mol. The number of hydrogen-bond donors (Lipinski definition) is 0. The number of ketones is 1. The zero-order valence-corrected chi connectivity index (χ0v) is 13.1. The van der Waals surface area contributed by atoms with E-state index in [1.807, 2.05) is 25.7 Å². The molecule has 0 bridgehead atoms. The van der Waals surface area contributed by atoms with E-state index < -0.39 is 0 Å². The molecule has 1 aromatic heterocycles. The molecular formula is C11H15BrN2OS2. The molecule has 0 radical (unpaired) electrons. The Bertz CT molecular complexity index is 427. The van der Waals surface area contributed by atoms with E-state index in [1.54, 1.807) is 16.4 Å². The van der Waals surface area contributed by atoms with E-state index in [0.29, 0.717) is 12.2 Å². The number of halogens is 1. The molecule has 0 saturated carbocycles. The van der Waals surface area contributed by atoms with Crippen LogP contribution in [0.15, 0.2) is 4.47 Å². The Kier molecular flexibility index (Phi) is 4.60. The Hall–Kier alpha value is 0.0600. The first-order valence-electron chi connectivity index (χ1n) is 5.49. The molecule has 2 heterocycles. The van der Waals surface area contributed by atoms with E-state index in [-0.39, 0.29) is 5.25 Å². The number of rotatable bonds is 3. The third-order valence-corrected chi connectivity index (χ3v) is 6.61. The number of aryl methyl sites for hydroxylation is 2. The summed E-state index contributed by atoms with van der Waals surface area (Å²) >= 11 is 7.18. The van der Waals surface area contributed by atoms with Gasteiger partial charge in [0.05, 0.1) is 27.5 Å². The fraction of sp³-hybridized carbons (Fsp3) is 0.636. The third-order valence-electron chi connectivity index (χ3n) is 2.78. The first-order chi connectivity index (χ1) is 8.09. The number of thioether (sulfide) groups is 2. The lowest BCUT2D eigenvalue weighted by Gasteiger charge is -2.19. The summed E-state index contributed by atoms with van der Waals surface area (Å²) in [7, 11) is 1.89. The molecule has 94 valence electrons. The number of hydrogen-bond acceptors (Lipinski definition) is 4. The van der Waals surface area contributed by atoms with Crippen molar-refractivity contribution in [1.82, 2.24) is 9.78 Å². The van der Waals surface area contributed by atoms with Crippen LogP contribution in [-0.4, -0.2) is 38.1 Å². The molecule has 1 aromatic rings. The van der Waals surface area contributed by atoms with Gasteiger partial charge in [-0.05, 0) is 22.9 Å². The van der Waals surface area contributed by atoms with Gasteiger partial charge in [0, 0.05) is 24.3 Å². The summed E-state index contributed by atoms with van der Waals surface area (Å²) in [5, 5.41) is 4.48. The van der Waals surface area contributed by atoms with Crippen molar-refractivity contribution in [3.63, 3.8) is 0 Å². The van der Waals surface area contributed by atoms with Crippen LogP contribution >= 0.6 is 39.5 Å². The van der Waals surface area contributed by atoms with Gasteiger partial charge in [-0.1, -0.05) is 0 Å². The average molecular weight is 335 g/mol. The van der Waals surface area contributed by atoms with E-state index in [2.05, 4.69) is 21.0 Å². The summed E-state index contributed by atoms with van der Waals surface area (Å²) < 4.78 is 2.78. The molecule has 0 N–H and O–H groups in total. The van der Waals surface area contributed by atoms with Gasteiger partial charge >= 0.3 is 0 Å². The second-order valence-corrected chi connectivity index (χ2v) is 7.30. The van der Waals surface area contributed by atoms with Gasteiger partial charge in [-0.25, -0.2) is 0 Å². The predicted molar refractivity (Wildman–Crippen MR) is 77.9 cm³/mol. The molecule has 1 atom stereocenters. The molecule has 3 nitrogen and oxygen atoms in total. The van der Waals surface area contributed by atoms with Gasteiger partial charge in [-0.15, -0.1) is 11.8 Å². The number of nitrogens with zero attached hydrogens (tertiary/aromatic N) is 2. The Labute approximate surface area is 118 Å². The topological polar surface area (TPSA) is 34.9 Å². The lowest BCUT2D eigenvalue weighted by Crippen LogP contribution is -2.26. The van der Waals surface area contributed by atoms with Crippen molar-refractivity contribution in [3.05, 3.63) is 15.9 Å². The summed E-state index contributed by atoms with van der Waals surface area (Å²) in [4.78, 5) is 12.2. The molecule has 0 aliphatic carbocycles. The lowest BCUT2D eigenvalue weighted by atomic mass is 10.1. The van der Waals surface area contributed by atoms with Crippen LogP contribution in [0.2, 0.25) is 0 Å². The molecule has 1 aliphatic heterocycles. The van der Waals surface area contributed by atoms with Crippen molar-refractivity contribution < 1.29 is 4.79 Å². The minimum absolute atomic E-state index is 0.163. The van der Waals surface area contributed by atoms with Crippen LogP contribution in [0.1, 0.15) is 11.4 Å². The van der Waals surface area contributed by atoms with Gasteiger partial charge in [0.2, 0.25) is 0 Å². The standard InChI is InChI=1S/C11H15BrN2OS2/c1-7-11(12)8(14(2)13-7)5-9(15)10-6-16-3-4-17-10/h10H,3-6H2,1-2H3. The average Bonchev–Trinajstić information content (AvgIpc) is 2.57. The minimum atomic E-state index is 0.163. The third kappa shape index (κ3) is 3.09. The summed E-state index contributed by atoms with van der Waals surface area (Å²) in [6, 6.07) is 0. The predicted octanol–water partition coefficient (Wildman–Crippen LogP) is 2.45. The molecule has 1 fully saturated rings. The van der Waals surface area contributed by atoms with Gasteiger partial charge in [-0.2, -0.15) is 16.9 Å². The van der Waals surface area contributed by atoms with E-state index in [1.165, 1.54) is 5.75 Å². The van der Waals surface area contributed by atoms with E-state index >= 15 is 0 Å². The Balaban J connectivity index is 2.07. The van der Waals surface area contributed by atoms with Crippen molar-refractivity contribution in [2.45, 2.75) is 18.6 Å². The summed E-state index contributed by atoms with van der Waals surface area (Å²) in [5.41, 5.74) is 1.93. The van der Waals surface area contributed by atoms with Crippen LogP contribution in [0.25, 0.3) is 0 Å². The highest BCUT2D eigenvalue weighted by atomic mass is 79.9. The second-order valence-electron chi connectivity index (χ2n) is 4.05. The summed E-state index contributed by atoms with van der Waals surface area (Å²) in [6.07, 6.45) is 0.482. The molecule has 1 unspecified atom stereocenters. The molecule has 0 spiro atoms. The molecule has 0 amide bonds. The smallest absolute Gasteiger partial charge is 0.152 e. The second kappa shape index (κ2) is 5.80. The Morgan fingerprint density at radius 3 is 2.88 bits per heavy atom. The maximum Gasteiger partial charge on any atom is 0.152 e. The maximum atomic E-state index is 12.2. The maximum absolute atomic E-state index is 12.2. The Morgan fingerprint density at radius 1 is 1.59 bits per heavy atom. The SMILES string of the molecule is Cc1nn(C)c(CC(=O)C2CSCCS2)c1Br. The molecule has 6 heteroatoms. The highest BCUT2D eigenvalue weighted by Gasteiger charge is 2.24. The van der Waals surface area contributed by atoms with Gasteiger partial charge in [-0.3, -0.25) is 9.48 Å². The quantitative estimate of drug-likeness (QED) is 0.850. The van der Waals surface area contributed by atoms with E-state index in [0.717, 1.165) is 27.4 Å². The van der Waals surface area contributed by atoms with Gasteiger partial charge in [0.25, 0.3) is 0 Å². The van der Waals surface area contributed by atoms with Crippen molar-refractivity contribution in [2.24, 2.45) is 7.05 Å². The van der Waals surface area contributed by atoms with Gasteiger partial charge < -0.3 is 0 Å². The fourth-order valence-corrected chi connectivity index (χ4v) is 4.95. The number of carbonyl (C=O) groups excluding carboxylic acids is 1. The van der Waals surface area contributed by atoms with Crippen molar-refractivity contribution in [3.8, 4) is 0 Å². The van der Waals surface area contributed by atoms with E-state index in [9.17, 15) is 4.79 Å². The van der Waals surface area contributed by atoms with Gasteiger partial charge in [0.15, 0.2) is 5.78 Å². The highest BCUT2D eigenvalue weighted by molar-refractivity contribution is 9.10. The number of carbonyl (C=O) groups is 1. The molecule has 1 saturated heterocycles. The summed E-state index contributed by atoms with van der Waals surface area (Å²) in [6.45, 7) is 1.95. The molecule has 17 heavy (non-hydrogen) atoms. The largest absolute Gasteiger partial charge is 0.298 e. The van der Waals surface area contributed by atoms with Crippen LogP contribution in [0.3, 0.4) is 0 Å². The van der Waals surface area contributed by atoms with Gasteiger partial charge in [0.1, 0.15) is 0 Å². The lowest BCUT2D eigenvalue weighted by molar-refractivity contribution is -0.117. The number of aromatic nitrogens is 2. The molecule has 1 aliphatic rings. The zero-order valence-electron chi connectivity index (χ0n) is 9.90. The monoisotopic (exact) mass is 334 g/mol. The van der Waals surface area contributed by atoms with E-state index in [4.69, 9.17) is 0 Å². The van der Waals surface area contributed by atoms with Crippen molar-refractivity contribution in [1.29, 1.82) is 0 Å². The van der Waals surface area contributed by atoms with Crippen LogP contribution in [-0.2, 0) is 18.3 Å². The normalized spacial score (nSPS) is 20.5. The molecule has 2 rings (SSSR count). The van der Waals surface area contributed by atoms with Crippen LogP contribution in [0.4, 0.5) is 0 Å². The van der Waals surface area contributed by atoms with Crippen LogP contribution in [0.5, 0.6) is 0 Å². The summed E-state index contributed by atoms with van der Waals surface area (Å²) in [5.74, 6) is 3.54. The minimum Gasteiger partial charge on any atom is -0.298 e.